The number of ether oxygens (including phenoxy) is 1. The fourth-order valence-electron chi connectivity index (χ4n) is 3.75. The number of hydrogen-bond acceptors (Lipinski definition) is 4. The Kier molecular flexibility index (Phi) is 5.94. The first-order valence-electron chi connectivity index (χ1n) is 9.86. The number of allylic oxidation sites excluding steroid dienone is 1. The maximum atomic E-state index is 13.2. The number of rotatable bonds is 4. The first-order chi connectivity index (χ1) is 15.7. The minimum absolute atomic E-state index is 0.170. The van der Waals surface area contributed by atoms with Crippen molar-refractivity contribution in [3.05, 3.63) is 89.6 Å². The number of esters is 1. The van der Waals surface area contributed by atoms with Crippen molar-refractivity contribution < 1.29 is 22.7 Å². The molecule has 0 radical (unpaired) electrons. The van der Waals surface area contributed by atoms with Crippen LogP contribution in [0, 0.1) is 0 Å². The van der Waals surface area contributed by atoms with E-state index in [9.17, 15) is 18.0 Å². The maximum absolute atomic E-state index is 13.2. The summed E-state index contributed by atoms with van der Waals surface area (Å²) in [5.74, 6) is -0.608. The summed E-state index contributed by atoms with van der Waals surface area (Å²) in [6.45, 7) is 1.63. The number of carbonyl (C=O) groups is 1. The molecule has 0 amide bonds. The van der Waals surface area contributed by atoms with Gasteiger partial charge in [-0.2, -0.15) is 13.2 Å². The molecular formula is C23H19F3N4O2S. The number of halogens is 3. The lowest BCUT2D eigenvalue weighted by molar-refractivity contribution is -0.138. The molecule has 0 fully saturated rings. The molecule has 4 rings (SSSR count). The van der Waals surface area contributed by atoms with Crippen molar-refractivity contribution in [2.75, 3.05) is 12.0 Å². The number of hydrogen-bond donors (Lipinski definition) is 1. The van der Waals surface area contributed by atoms with Gasteiger partial charge in [0, 0.05) is 29.5 Å². The second kappa shape index (κ2) is 8.70. The van der Waals surface area contributed by atoms with E-state index in [4.69, 9.17) is 17.0 Å². The number of imidazole rings is 1. The third-order valence-corrected chi connectivity index (χ3v) is 5.65. The van der Waals surface area contributed by atoms with Gasteiger partial charge < -0.3 is 14.6 Å². The van der Waals surface area contributed by atoms with Gasteiger partial charge in [0.2, 0.25) is 0 Å². The summed E-state index contributed by atoms with van der Waals surface area (Å²) in [5.41, 5.74) is 1.63. The minimum atomic E-state index is -4.51. The molecule has 10 heteroatoms. The van der Waals surface area contributed by atoms with E-state index in [1.165, 1.54) is 24.1 Å². The summed E-state index contributed by atoms with van der Waals surface area (Å²) in [6, 6.07) is 11.5. The highest BCUT2D eigenvalue weighted by Crippen LogP contribution is 2.37. The van der Waals surface area contributed by atoms with Crippen LogP contribution in [0.25, 0.3) is 5.69 Å². The summed E-state index contributed by atoms with van der Waals surface area (Å²) in [6.07, 6.45) is 0.627. The number of alkyl halides is 3. The Morgan fingerprint density at radius 3 is 2.48 bits per heavy atom. The average Bonchev–Trinajstić information content (AvgIpc) is 3.33. The highest BCUT2D eigenvalue weighted by molar-refractivity contribution is 7.80. The lowest BCUT2D eigenvalue weighted by Crippen LogP contribution is -2.48. The number of benzene rings is 2. The van der Waals surface area contributed by atoms with Crippen LogP contribution in [0.4, 0.5) is 18.9 Å². The van der Waals surface area contributed by atoms with E-state index in [1.54, 1.807) is 25.6 Å². The molecule has 1 aliphatic rings. The van der Waals surface area contributed by atoms with E-state index in [1.807, 2.05) is 28.8 Å². The Labute approximate surface area is 193 Å². The van der Waals surface area contributed by atoms with Crippen molar-refractivity contribution in [1.82, 2.24) is 14.9 Å². The van der Waals surface area contributed by atoms with E-state index in [-0.39, 0.29) is 16.4 Å². The first kappa shape index (κ1) is 22.5. The third-order valence-electron chi connectivity index (χ3n) is 5.35. The molecule has 1 atom stereocenters. The molecule has 3 aromatic rings. The Morgan fingerprint density at radius 2 is 1.88 bits per heavy atom. The molecule has 33 heavy (non-hydrogen) atoms. The lowest BCUT2D eigenvalue weighted by Gasteiger charge is -2.37. The Morgan fingerprint density at radius 1 is 1.15 bits per heavy atom. The van der Waals surface area contributed by atoms with Crippen molar-refractivity contribution >= 4 is 29.0 Å². The molecule has 0 saturated carbocycles. The van der Waals surface area contributed by atoms with Crippen molar-refractivity contribution in [3.63, 3.8) is 0 Å². The molecule has 6 nitrogen and oxygen atoms in total. The van der Waals surface area contributed by atoms with Gasteiger partial charge in [-0.05, 0) is 55.0 Å². The first-order valence-corrected chi connectivity index (χ1v) is 10.3. The highest BCUT2D eigenvalue weighted by atomic mass is 32.1. The predicted octanol–water partition coefficient (Wildman–Crippen LogP) is 4.77. The zero-order valence-corrected chi connectivity index (χ0v) is 18.4. The molecule has 1 N–H and O–H groups in total. The largest absolute Gasteiger partial charge is 0.466 e. The van der Waals surface area contributed by atoms with Gasteiger partial charge >= 0.3 is 12.1 Å². The molecule has 0 saturated heterocycles. The summed E-state index contributed by atoms with van der Waals surface area (Å²) < 4.78 is 46.6. The van der Waals surface area contributed by atoms with E-state index < -0.39 is 23.8 Å². The number of nitrogens with zero attached hydrogens (tertiary/aromatic N) is 3. The second-order valence-corrected chi connectivity index (χ2v) is 7.70. The molecule has 170 valence electrons. The maximum Gasteiger partial charge on any atom is 0.416 e. The van der Waals surface area contributed by atoms with Crippen LogP contribution in [-0.4, -0.2) is 27.7 Å². The average molecular weight is 472 g/mol. The van der Waals surface area contributed by atoms with Gasteiger partial charge in [-0.15, -0.1) is 0 Å². The second-order valence-electron chi connectivity index (χ2n) is 7.32. The van der Waals surface area contributed by atoms with E-state index >= 15 is 0 Å². The standard InChI is InChI=1S/C23H19F3N4O2S/c1-14-19(21(31)32-2)20(15-6-8-17(9-7-15)29-11-10-27-13-29)28-22(33)30(14)18-5-3-4-16(12-18)23(24,25)26/h3-13,20H,1-2H3,(H,28,33). The van der Waals surface area contributed by atoms with Crippen molar-refractivity contribution in [2.45, 2.75) is 19.1 Å². The number of anilines is 1. The van der Waals surface area contributed by atoms with E-state index in [0.29, 0.717) is 5.70 Å². The molecule has 1 aromatic heterocycles. The third kappa shape index (κ3) is 4.34. The molecule has 1 unspecified atom stereocenters. The van der Waals surface area contributed by atoms with Crippen molar-refractivity contribution in [3.8, 4) is 5.69 Å². The zero-order chi connectivity index (χ0) is 23.8. The Balaban J connectivity index is 1.77. The molecule has 0 bridgehead atoms. The Bertz CT molecular complexity index is 1220. The normalized spacial score (nSPS) is 16.6. The summed E-state index contributed by atoms with van der Waals surface area (Å²) in [4.78, 5) is 18.2. The van der Waals surface area contributed by atoms with Gasteiger partial charge in [-0.25, -0.2) is 9.78 Å². The van der Waals surface area contributed by atoms with Gasteiger partial charge in [0.25, 0.3) is 0 Å². The summed E-state index contributed by atoms with van der Waals surface area (Å²) in [7, 11) is 1.25. The molecule has 0 spiro atoms. The smallest absolute Gasteiger partial charge is 0.416 e. The number of thiocarbonyl (C=S) groups is 1. The molecule has 2 aromatic carbocycles. The van der Waals surface area contributed by atoms with Gasteiger partial charge in [-0.1, -0.05) is 18.2 Å². The fourth-order valence-corrected chi connectivity index (χ4v) is 4.11. The number of carbonyl (C=O) groups excluding carboxylic acids is 1. The molecule has 0 aliphatic carbocycles. The van der Waals surface area contributed by atoms with Gasteiger partial charge in [0.05, 0.1) is 30.6 Å². The monoisotopic (exact) mass is 472 g/mol. The SMILES string of the molecule is COC(=O)C1=C(C)N(c2cccc(C(F)(F)F)c2)C(=S)NC1c1ccc(-n2ccnc2)cc1. The van der Waals surface area contributed by atoms with Crippen LogP contribution in [0.3, 0.4) is 0 Å². The predicted molar refractivity (Wildman–Crippen MR) is 121 cm³/mol. The van der Waals surface area contributed by atoms with Crippen molar-refractivity contribution in [1.29, 1.82) is 0 Å². The van der Waals surface area contributed by atoms with Crippen LogP contribution < -0.4 is 10.2 Å². The van der Waals surface area contributed by atoms with Gasteiger partial charge in [-0.3, -0.25) is 4.90 Å². The molecule has 1 aliphatic heterocycles. The molecule has 2 heterocycles. The van der Waals surface area contributed by atoms with Crippen LogP contribution in [0.1, 0.15) is 24.1 Å². The van der Waals surface area contributed by atoms with Gasteiger partial charge in [0.15, 0.2) is 5.11 Å². The quantitative estimate of drug-likeness (QED) is 0.436. The van der Waals surface area contributed by atoms with Crippen LogP contribution in [0.5, 0.6) is 0 Å². The highest BCUT2D eigenvalue weighted by Gasteiger charge is 2.36. The summed E-state index contributed by atoms with van der Waals surface area (Å²) >= 11 is 5.50. The van der Waals surface area contributed by atoms with Crippen molar-refractivity contribution in [2.24, 2.45) is 0 Å². The fraction of sp³-hybridized carbons (Fsp3) is 0.174. The van der Waals surface area contributed by atoms with Crippen LogP contribution in [0.2, 0.25) is 0 Å². The van der Waals surface area contributed by atoms with E-state index in [0.717, 1.165) is 23.4 Å². The van der Waals surface area contributed by atoms with Gasteiger partial charge in [0.1, 0.15) is 0 Å². The van der Waals surface area contributed by atoms with Crippen LogP contribution in [0.15, 0.2) is 78.5 Å². The lowest BCUT2D eigenvalue weighted by atomic mass is 9.94. The van der Waals surface area contributed by atoms with Crippen LogP contribution in [-0.2, 0) is 15.7 Å². The Hall–Kier alpha value is -3.66. The zero-order valence-electron chi connectivity index (χ0n) is 17.6. The van der Waals surface area contributed by atoms with Crippen LogP contribution >= 0.6 is 12.2 Å². The topological polar surface area (TPSA) is 59.4 Å². The number of methoxy groups -OCH3 is 1. The minimum Gasteiger partial charge on any atom is -0.466 e. The molecular weight excluding hydrogens is 453 g/mol. The summed E-state index contributed by atoms with van der Waals surface area (Å²) in [5, 5.41) is 3.26. The number of aromatic nitrogens is 2. The number of nitrogens with one attached hydrogen (secondary N) is 1. The van der Waals surface area contributed by atoms with E-state index in [2.05, 4.69) is 10.3 Å².